The average Bonchev–Trinajstić information content (AvgIpc) is 2.43. The van der Waals surface area contributed by atoms with Crippen LogP contribution in [0.3, 0.4) is 0 Å². The second-order valence-electron chi connectivity index (χ2n) is 4.67. The van der Waals surface area contributed by atoms with Gasteiger partial charge in [-0.3, -0.25) is 4.79 Å². The third kappa shape index (κ3) is 8.06. The summed E-state index contributed by atoms with van der Waals surface area (Å²) in [6.45, 7) is 7.18. The number of carbonyl (C=O) groups excluding carboxylic acids is 2. The number of aliphatic hydroxyl groups excluding tert-OH is 1. The largest absolute Gasteiger partial charge is 0.550 e. The van der Waals surface area contributed by atoms with E-state index in [0.717, 1.165) is 0 Å². The van der Waals surface area contributed by atoms with Crippen molar-refractivity contribution in [3.8, 4) is 0 Å². The van der Waals surface area contributed by atoms with Gasteiger partial charge in [0.05, 0.1) is 12.5 Å². The molecule has 5 heteroatoms. The van der Waals surface area contributed by atoms with E-state index in [1.807, 2.05) is 13.8 Å². The second kappa shape index (κ2) is 8.91. The van der Waals surface area contributed by atoms with Crippen molar-refractivity contribution in [1.29, 1.82) is 0 Å². The van der Waals surface area contributed by atoms with Gasteiger partial charge in [0.25, 0.3) is 0 Å². The van der Waals surface area contributed by atoms with Crippen LogP contribution in [0.2, 0.25) is 0 Å². The van der Waals surface area contributed by atoms with Gasteiger partial charge in [-0.15, -0.1) is 0 Å². The van der Waals surface area contributed by atoms with Crippen molar-refractivity contribution in [3.63, 3.8) is 0 Å². The zero-order valence-corrected chi connectivity index (χ0v) is 10.8. The first-order chi connectivity index (χ1) is 7.73. The number of esters is 1. The predicted molar refractivity (Wildman–Crippen MR) is 66.5 cm³/mol. The fraction of sp³-hybridized carbons (Fsp3) is 0.846. The van der Waals surface area contributed by atoms with E-state index in [1.165, 1.54) is 0 Å². The van der Waals surface area contributed by atoms with E-state index in [-0.39, 0.29) is 31.8 Å². The number of carbonyl (C=O) groups is 2. The molecule has 1 aliphatic rings. The molecule has 1 heterocycles. The maximum Gasteiger partial charge on any atom is 0.306 e. The molecule has 1 N–H and O–H groups in total. The Morgan fingerprint density at radius 1 is 1.50 bits per heavy atom. The third-order valence-electron chi connectivity index (χ3n) is 2.92. The fourth-order valence-electron chi connectivity index (χ4n) is 1.23. The van der Waals surface area contributed by atoms with Crippen molar-refractivity contribution < 1.29 is 24.5 Å². The van der Waals surface area contributed by atoms with E-state index in [0.29, 0.717) is 12.3 Å². The van der Waals surface area contributed by atoms with Gasteiger partial charge in [-0.05, 0) is 26.2 Å². The van der Waals surface area contributed by atoms with E-state index < -0.39 is 12.1 Å². The monoisotopic (exact) mass is 261 g/mol. The molecule has 0 aliphatic carbocycles. The van der Waals surface area contributed by atoms with Crippen molar-refractivity contribution in [2.45, 2.75) is 60.2 Å². The van der Waals surface area contributed by atoms with Crippen molar-refractivity contribution in [3.05, 3.63) is 0 Å². The highest BCUT2D eigenvalue weighted by Crippen LogP contribution is 2.19. The molecular weight excluding hydrogens is 236 g/mol. The minimum atomic E-state index is -1.11. The number of carboxylic acid groups (broad SMARTS) is 1. The van der Waals surface area contributed by atoms with E-state index in [2.05, 4.69) is 0 Å². The maximum atomic E-state index is 10.4. The molecule has 0 spiro atoms. The smallest absolute Gasteiger partial charge is 0.306 e. The van der Waals surface area contributed by atoms with Gasteiger partial charge in [-0.2, -0.15) is 0 Å². The predicted octanol–water partition coefficient (Wildman–Crippen LogP) is 0.737. The zero-order chi connectivity index (χ0) is 13.6. The normalized spacial score (nSPS) is 25.1. The molecule has 0 aromatic heterocycles. The van der Waals surface area contributed by atoms with Crippen molar-refractivity contribution in [2.75, 3.05) is 0 Å². The number of aliphatic carboxylic acids is 1. The van der Waals surface area contributed by atoms with Gasteiger partial charge < -0.3 is 19.7 Å². The Labute approximate surface area is 109 Å². The number of hydrogen-bond donors (Lipinski definition) is 1. The number of cyclic esters (lactones) is 1. The van der Waals surface area contributed by atoms with Crippen molar-refractivity contribution in [2.24, 2.45) is 11.8 Å². The van der Waals surface area contributed by atoms with Gasteiger partial charge in [-0.25, -0.2) is 0 Å². The van der Waals surface area contributed by atoms with Crippen molar-refractivity contribution in [1.82, 2.24) is 0 Å². The van der Waals surface area contributed by atoms with Gasteiger partial charge in [0.15, 0.2) is 0 Å². The highest BCUT2D eigenvalue weighted by atomic mass is 16.5. The lowest BCUT2D eigenvalue weighted by Gasteiger charge is -2.13. The first-order valence-electron chi connectivity index (χ1n) is 5.81. The molecule has 4 unspecified atom stereocenters. The molecule has 18 heavy (non-hydrogen) atoms. The standard InChI is InChI=1S/C6H12O3.C6H10O2.CH4/c1-4(5(2)7)3-6(8)9;1-4-3-6(7)8-5(4)2;/h4-5,7H,3H2,1-2H3,(H,8,9);4-5H,3H2,1-2H3;1H4/p-1. The molecule has 0 radical (unpaired) electrons. The zero-order valence-electron chi connectivity index (χ0n) is 10.8. The molecule has 0 aromatic rings. The number of aliphatic hydroxyl groups is 1. The lowest BCUT2D eigenvalue weighted by Crippen LogP contribution is -2.27. The summed E-state index contributed by atoms with van der Waals surface area (Å²) in [5, 5.41) is 18.7. The Morgan fingerprint density at radius 2 is 2.00 bits per heavy atom. The molecule has 1 saturated heterocycles. The molecule has 1 aliphatic heterocycles. The minimum Gasteiger partial charge on any atom is -0.550 e. The summed E-state index contributed by atoms with van der Waals surface area (Å²) >= 11 is 0. The first-order valence-corrected chi connectivity index (χ1v) is 5.81. The summed E-state index contributed by atoms with van der Waals surface area (Å²) in [6.07, 6.45) is 0.101. The summed E-state index contributed by atoms with van der Waals surface area (Å²) < 4.78 is 4.83. The van der Waals surface area contributed by atoms with Gasteiger partial charge in [0, 0.05) is 11.9 Å². The van der Waals surface area contributed by atoms with Crippen LogP contribution in [-0.2, 0) is 14.3 Å². The molecule has 5 nitrogen and oxygen atoms in total. The molecule has 0 saturated carbocycles. The molecule has 4 atom stereocenters. The summed E-state index contributed by atoms with van der Waals surface area (Å²) in [4.78, 5) is 20.3. The van der Waals surface area contributed by atoms with Gasteiger partial charge >= 0.3 is 5.97 Å². The van der Waals surface area contributed by atoms with Gasteiger partial charge in [0.1, 0.15) is 6.10 Å². The first kappa shape index (κ1) is 19.2. The minimum absolute atomic E-state index is 0. The second-order valence-corrected chi connectivity index (χ2v) is 4.67. The Morgan fingerprint density at radius 3 is 2.11 bits per heavy atom. The third-order valence-corrected chi connectivity index (χ3v) is 2.92. The van der Waals surface area contributed by atoms with Crippen LogP contribution in [0, 0.1) is 11.8 Å². The number of ether oxygens (including phenoxy) is 1. The van der Waals surface area contributed by atoms with Crippen LogP contribution >= 0.6 is 0 Å². The summed E-state index contributed by atoms with van der Waals surface area (Å²) in [6, 6.07) is 0. The highest BCUT2D eigenvalue weighted by molar-refractivity contribution is 5.71. The lowest BCUT2D eigenvalue weighted by atomic mass is 10.0. The molecule has 0 amide bonds. The van der Waals surface area contributed by atoms with E-state index >= 15 is 0 Å². The number of carboxylic acids is 1. The van der Waals surface area contributed by atoms with E-state index in [9.17, 15) is 14.7 Å². The SMILES string of the molecule is C.CC(O)C(C)CC(=O)[O-].CC1CC(=O)OC1C. The van der Waals surface area contributed by atoms with Crippen LogP contribution < -0.4 is 5.11 Å². The number of hydrogen-bond acceptors (Lipinski definition) is 5. The lowest BCUT2D eigenvalue weighted by molar-refractivity contribution is -0.307. The molecule has 1 rings (SSSR count). The highest BCUT2D eigenvalue weighted by Gasteiger charge is 2.26. The Bertz CT molecular complexity index is 250. The Balaban J connectivity index is 0. The van der Waals surface area contributed by atoms with Crippen molar-refractivity contribution >= 4 is 11.9 Å². The summed E-state index contributed by atoms with van der Waals surface area (Å²) in [5.41, 5.74) is 0. The molecular formula is C13H25O5-. The van der Waals surface area contributed by atoms with E-state index in [1.54, 1.807) is 13.8 Å². The summed E-state index contributed by atoms with van der Waals surface area (Å²) in [5.74, 6) is -0.953. The molecule has 108 valence electrons. The van der Waals surface area contributed by atoms with Crippen LogP contribution in [0.15, 0.2) is 0 Å². The average molecular weight is 261 g/mol. The fourth-order valence-corrected chi connectivity index (χ4v) is 1.23. The number of rotatable bonds is 3. The van der Waals surface area contributed by atoms with Crippen LogP contribution in [0.25, 0.3) is 0 Å². The molecule has 1 fully saturated rings. The van der Waals surface area contributed by atoms with E-state index in [4.69, 9.17) is 9.84 Å². The maximum absolute atomic E-state index is 10.4. The topological polar surface area (TPSA) is 86.7 Å². The Kier molecular flexibility index (Phi) is 9.53. The van der Waals surface area contributed by atoms with Gasteiger partial charge in [0.2, 0.25) is 0 Å². The quantitative estimate of drug-likeness (QED) is 0.757. The van der Waals surface area contributed by atoms with Crippen LogP contribution in [0.4, 0.5) is 0 Å². The van der Waals surface area contributed by atoms with Crippen LogP contribution in [0.5, 0.6) is 0 Å². The Hall–Kier alpha value is -1.10. The summed E-state index contributed by atoms with van der Waals surface area (Å²) in [7, 11) is 0. The van der Waals surface area contributed by atoms with Gasteiger partial charge in [-0.1, -0.05) is 21.3 Å². The molecule has 0 bridgehead atoms. The van der Waals surface area contributed by atoms with Crippen LogP contribution in [-0.4, -0.2) is 29.3 Å². The van der Waals surface area contributed by atoms with Crippen LogP contribution in [0.1, 0.15) is 48.0 Å². The molecule has 0 aromatic carbocycles.